The Bertz CT molecular complexity index is 559. The molecule has 1 aromatic carbocycles. The van der Waals surface area contributed by atoms with Crippen LogP contribution in [-0.4, -0.2) is 27.7 Å². The smallest absolute Gasteiger partial charge is 0.196 e. The number of tetrazole rings is 1. The first-order valence-electron chi connectivity index (χ1n) is 5.32. The molecule has 7 nitrogen and oxygen atoms in total. The summed E-state index contributed by atoms with van der Waals surface area (Å²) < 4.78 is 5.13. The average Bonchev–Trinajstić information content (AvgIpc) is 2.92. The van der Waals surface area contributed by atoms with Crippen LogP contribution in [-0.2, 0) is 0 Å². The number of aromatic nitrogens is 4. The minimum atomic E-state index is -0.164. The van der Waals surface area contributed by atoms with Crippen LogP contribution in [0, 0.1) is 11.3 Å². The third kappa shape index (κ3) is 2.38. The number of aromatic amines is 1. The minimum Gasteiger partial charge on any atom is -0.497 e. The van der Waals surface area contributed by atoms with E-state index in [4.69, 9.17) is 10.00 Å². The number of anilines is 1. The molecule has 0 aliphatic heterocycles. The van der Waals surface area contributed by atoms with Crippen molar-refractivity contribution in [3.63, 3.8) is 0 Å². The van der Waals surface area contributed by atoms with Gasteiger partial charge in [0, 0.05) is 6.07 Å². The summed E-state index contributed by atoms with van der Waals surface area (Å²) >= 11 is 0. The molecule has 92 valence electrons. The predicted octanol–water partition coefficient (Wildman–Crippen LogP) is 1.25. The maximum atomic E-state index is 9.04. The number of methoxy groups -OCH3 is 1. The lowest BCUT2D eigenvalue weighted by Gasteiger charge is -2.13. The second kappa shape index (κ2) is 5.14. The topological polar surface area (TPSA) is 99.5 Å². The molecular weight excluding hydrogens is 232 g/mol. The second-order valence-electron chi connectivity index (χ2n) is 3.66. The third-order valence-corrected chi connectivity index (χ3v) is 2.47. The number of hydrogen-bond donors (Lipinski definition) is 2. The highest BCUT2D eigenvalue weighted by Crippen LogP contribution is 2.24. The van der Waals surface area contributed by atoms with Crippen molar-refractivity contribution in [1.82, 2.24) is 20.6 Å². The van der Waals surface area contributed by atoms with Gasteiger partial charge >= 0.3 is 0 Å². The van der Waals surface area contributed by atoms with E-state index in [1.54, 1.807) is 25.3 Å². The number of H-pyrrole nitrogens is 1. The van der Waals surface area contributed by atoms with Gasteiger partial charge in [0.1, 0.15) is 11.8 Å². The third-order valence-electron chi connectivity index (χ3n) is 2.47. The summed E-state index contributed by atoms with van der Waals surface area (Å²) in [5.74, 6) is 1.21. The second-order valence-corrected chi connectivity index (χ2v) is 3.66. The summed E-state index contributed by atoms with van der Waals surface area (Å²) in [5.41, 5.74) is 1.21. The van der Waals surface area contributed by atoms with Crippen LogP contribution >= 0.6 is 0 Å². The Morgan fingerprint density at radius 3 is 2.94 bits per heavy atom. The zero-order chi connectivity index (χ0) is 13.0. The molecule has 0 bridgehead atoms. The molecule has 1 heterocycles. The molecule has 1 atom stereocenters. The first kappa shape index (κ1) is 11.9. The van der Waals surface area contributed by atoms with Gasteiger partial charge in [-0.1, -0.05) is 5.21 Å². The van der Waals surface area contributed by atoms with Crippen molar-refractivity contribution in [3.8, 4) is 11.8 Å². The van der Waals surface area contributed by atoms with Crippen molar-refractivity contribution in [2.75, 3.05) is 12.4 Å². The van der Waals surface area contributed by atoms with Gasteiger partial charge in [-0.15, -0.1) is 10.2 Å². The Morgan fingerprint density at radius 2 is 2.33 bits per heavy atom. The number of ether oxygens (including phenoxy) is 1. The molecule has 2 aromatic rings. The van der Waals surface area contributed by atoms with E-state index in [-0.39, 0.29) is 6.04 Å². The lowest BCUT2D eigenvalue weighted by atomic mass is 10.1. The molecule has 0 saturated carbocycles. The molecule has 2 N–H and O–H groups in total. The Morgan fingerprint density at radius 1 is 1.50 bits per heavy atom. The first-order valence-corrected chi connectivity index (χ1v) is 5.32. The van der Waals surface area contributed by atoms with Gasteiger partial charge in [0.05, 0.1) is 24.4 Å². The van der Waals surface area contributed by atoms with Crippen LogP contribution in [0.15, 0.2) is 18.2 Å². The van der Waals surface area contributed by atoms with E-state index >= 15 is 0 Å². The van der Waals surface area contributed by atoms with Crippen LogP contribution in [0.25, 0.3) is 0 Å². The number of nitrogens with one attached hydrogen (secondary N) is 2. The quantitative estimate of drug-likeness (QED) is 0.839. The van der Waals surface area contributed by atoms with Crippen LogP contribution in [0.4, 0.5) is 5.69 Å². The molecule has 0 fully saturated rings. The molecule has 0 radical (unpaired) electrons. The largest absolute Gasteiger partial charge is 0.497 e. The Balaban J connectivity index is 2.25. The maximum Gasteiger partial charge on any atom is 0.196 e. The van der Waals surface area contributed by atoms with Crippen molar-refractivity contribution in [2.24, 2.45) is 0 Å². The maximum absolute atomic E-state index is 9.04. The fourth-order valence-electron chi connectivity index (χ4n) is 1.52. The zero-order valence-corrected chi connectivity index (χ0v) is 10.0. The van der Waals surface area contributed by atoms with Crippen molar-refractivity contribution >= 4 is 5.69 Å². The molecule has 0 amide bonds. The summed E-state index contributed by atoms with van der Waals surface area (Å²) in [4.78, 5) is 0. The van der Waals surface area contributed by atoms with Crippen molar-refractivity contribution in [1.29, 1.82) is 5.26 Å². The van der Waals surface area contributed by atoms with Gasteiger partial charge in [0.25, 0.3) is 0 Å². The van der Waals surface area contributed by atoms with Crippen LogP contribution in [0.1, 0.15) is 24.4 Å². The Labute approximate surface area is 104 Å². The summed E-state index contributed by atoms with van der Waals surface area (Å²) in [6.45, 7) is 1.88. The highest BCUT2D eigenvalue weighted by molar-refractivity contribution is 5.60. The monoisotopic (exact) mass is 244 g/mol. The highest BCUT2D eigenvalue weighted by atomic mass is 16.5. The van der Waals surface area contributed by atoms with E-state index in [9.17, 15) is 0 Å². The number of benzene rings is 1. The van der Waals surface area contributed by atoms with Crippen molar-refractivity contribution in [3.05, 3.63) is 29.6 Å². The van der Waals surface area contributed by atoms with Gasteiger partial charge in [0.15, 0.2) is 5.82 Å². The van der Waals surface area contributed by atoms with Gasteiger partial charge in [-0.05, 0) is 19.1 Å². The summed E-state index contributed by atoms with van der Waals surface area (Å²) in [5, 5.41) is 25.9. The molecule has 0 aliphatic rings. The number of hydrogen-bond acceptors (Lipinski definition) is 6. The summed E-state index contributed by atoms with van der Waals surface area (Å²) in [6, 6.07) is 7.15. The highest BCUT2D eigenvalue weighted by Gasteiger charge is 2.12. The summed E-state index contributed by atoms with van der Waals surface area (Å²) in [6.07, 6.45) is 0. The molecule has 0 spiro atoms. The van der Waals surface area contributed by atoms with Gasteiger partial charge in [-0.2, -0.15) is 10.5 Å². The molecule has 1 aromatic heterocycles. The standard InChI is InChI=1S/C11H12N6O/c1-7(11-14-16-17-15-11)13-10-5-9(18-2)4-3-8(10)6-12/h3-5,7,13H,1-2H3,(H,14,15,16,17). The zero-order valence-electron chi connectivity index (χ0n) is 10.0. The van der Waals surface area contributed by atoms with E-state index in [1.807, 2.05) is 6.92 Å². The van der Waals surface area contributed by atoms with E-state index in [2.05, 4.69) is 32.0 Å². The van der Waals surface area contributed by atoms with Crippen LogP contribution in [0.3, 0.4) is 0 Å². The number of nitriles is 1. The van der Waals surface area contributed by atoms with Gasteiger partial charge < -0.3 is 10.1 Å². The fourth-order valence-corrected chi connectivity index (χ4v) is 1.52. The molecular formula is C11H12N6O. The summed E-state index contributed by atoms with van der Waals surface area (Å²) in [7, 11) is 1.58. The molecule has 0 aliphatic carbocycles. The first-order chi connectivity index (χ1) is 8.74. The molecule has 1 unspecified atom stereocenters. The minimum absolute atomic E-state index is 0.164. The molecule has 0 saturated heterocycles. The van der Waals surface area contributed by atoms with Gasteiger partial charge in [-0.25, -0.2) is 0 Å². The van der Waals surface area contributed by atoms with E-state index in [1.165, 1.54) is 0 Å². The van der Waals surface area contributed by atoms with Crippen LogP contribution in [0.2, 0.25) is 0 Å². The van der Waals surface area contributed by atoms with E-state index in [0.717, 1.165) is 0 Å². The fraction of sp³-hybridized carbons (Fsp3) is 0.273. The Kier molecular flexibility index (Phi) is 3.38. The SMILES string of the molecule is COc1ccc(C#N)c(NC(C)c2nn[nH]n2)c1. The van der Waals surface area contributed by atoms with Gasteiger partial charge in [-0.3, -0.25) is 0 Å². The average molecular weight is 244 g/mol. The van der Waals surface area contributed by atoms with Gasteiger partial charge in [0.2, 0.25) is 0 Å². The van der Waals surface area contributed by atoms with E-state index < -0.39 is 0 Å². The van der Waals surface area contributed by atoms with Crippen LogP contribution in [0.5, 0.6) is 5.75 Å². The van der Waals surface area contributed by atoms with Crippen molar-refractivity contribution in [2.45, 2.75) is 13.0 Å². The lowest BCUT2D eigenvalue weighted by molar-refractivity contribution is 0.415. The molecule has 2 rings (SSSR count). The van der Waals surface area contributed by atoms with Crippen LogP contribution < -0.4 is 10.1 Å². The lowest BCUT2D eigenvalue weighted by Crippen LogP contribution is -2.09. The molecule has 7 heteroatoms. The normalized spacial score (nSPS) is 11.6. The predicted molar refractivity (Wildman–Crippen MR) is 63.9 cm³/mol. The van der Waals surface area contributed by atoms with Crippen molar-refractivity contribution < 1.29 is 4.74 Å². The van der Waals surface area contributed by atoms with E-state index in [0.29, 0.717) is 22.8 Å². The molecule has 18 heavy (non-hydrogen) atoms. The Hall–Kier alpha value is -2.62. The number of nitrogens with zero attached hydrogens (tertiary/aromatic N) is 4. The number of rotatable bonds is 4.